The van der Waals surface area contributed by atoms with Crippen LogP contribution in [0.3, 0.4) is 0 Å². The van der Waals surface area contributed by atoms with E-state index in [9.17, 15) is 45.0 Å². The second-order valence-electron chi connectivity index (χ2n) is 12.1. The minimum Gasteiger partial charge on any atom is -0.508 e. The summed E-state index contributed by atoms with van der Waals surface area (Å²) in [7, 11) is -3.78. The maximum Gasteiger partial charge on any atom is 0.453 e. The predicted octanol–water partition coefficient (Wildman–Crippen LogP) is 8.20. The van der Waals surface area contributed by atoms with Crippen molar-refractivity contribution in [2.75, 3.05) is 37.7 Å². The van der Waals surface area contributed by atoms with Crippen molar-refractivity contribution in [1.29, 1.82) is 0 Å². The predicted molar refractivity (Wildman–Crippen MR) is 169 cm³/mol. The third-order valence-electron chi connectivity index (χ3n) is 8.42. The van der Waals surface area contributed by atoms with Gasteiger partial charge in [-0.1, -0.05) is 31.0 Å². The molecule has 2 N–H and O–H groups in total. The van der Waals surface area contributed by atoms with Crippen molar-refractivity contribution in [3.63, 3.8) is 0 Å². The third kappa shape index (κ3) is 11.9. The van der Waals surface area contributed by atoms with Gasteiger partial charge in [0.15, 0.2) is 0 Å². The molecule has 258 valence electrons. The van der Waals surface area contributed by atoms with E-state index in [2.05, 4.69) is 0 Å². The summed E-state index contributed by atoms with van der Waals surface area (Å²) >= 11 is 0. The molecule has 0 spiro atoms. The van der Waals surface area contributed by atoms with Crippen molar-refractivity contribution in [3.8, 4) is 5.75 Å². The Kier molecular flexibility index (Phi) is 14.4. The van der Waals surface area contributed by atoms with E-state index in [0.29, 0.717) is 26.1 Å². The topological polar surface area (TPSA) is 77.8 Å². The SMILES string of the molecule is O=S(=O)(CCCN(CCCO)CCCCCCC1=C(c2ccc(F)cc2)CCCc2cc(O)ccc21)CCCC(F)(F)C(F)(F)F. The van der Waals surface area contributed by atoms with Crippen LogP contribution in [0.4, 0.5) is 26.3 Å². The van der Waals surface area contributed by atoms with Crippen LogP contribution in [-0.4, -0.2) is 73.4 Å². The molecule has 1 aliphatic carbocycles. The molecule has 1 aliphatic rings. The van der Waals surface area contributed by atoms with Gasteiger partial charge in [0.1, 0.15) is 21.4 Å². The van der Waals surface area contributed by atoms with Gasteiger partial charge in [0.25, 0.3) is 0 Å². The number of aliphatic hydroxyl groups excluding tert-OH is 1. The molecule has 0 saturated carbocycles. The number of aryl methyl sites for hydroxylation is 1. The summed E-state index contributed by atoms with van der Waals surface area (Å²) in [6.45, 7) is 1.64. The van der Waals surface area contributed by atoms with Gasteiger partial charge in [-0.25, -0.2) is 12.8 Å². The number of halogens is 6. The largest absolute Gasteiger partial charge is 0.508 e. The van der Waals surface area contributed by atoms with Crippen LogP contribution in [0.5, 0.6) is 5.75 Å². The number of sulfone groups is 1. The van der Waals surface area contributed by atoms with Gasteiger partial charge in [0, 0.05) is 19.6 Å². The zero-order valence-electron chi connectivity index (χ0n) is 26.1. The van der Waals surface area contributed by atoms with Crippen molar-refractivity contribution >= 4 is 21.0 Å². The molecule has 5 nitrogen and oxygen atoms in total. The maximum absolute atomic E-state index is 13.7. The summed E-state index contributed by atoms with van der Waals surface area (Å²) in [5.41, 5.74) is 5.63. The number of allylic oxidation sites excluding steroid dienone is 2. The van der Waals surface area contributed by atoms with E-state index in [1.165, 1.54) is 23.3 Å². The molecular weight excluding hydrogens is 632 g/mol. The molecule has 0 radical (unpaired) electrons. The number of hydrogen-bond donors (Lipinski definition) is 2. The smallest absolute Gasteiger partial charge is 0.453 e. The standard InChI is InChI=1S/C34H45F6NO4S/c35-28-14-12-26(13-15-28)30-11-5-9-27-25-29(43)16-17-31(27)32(30)10-3-1-2-4-19-41(20-7-22-42)21-8-24-46(44,45)23-6-18-33(36,37)34(38,39)40/h12-17,25,42-43H,1-11,18-24H2. The van der Waals surface area contributed by atoms with Crippen LogP contribution in [0.1, 0.15) is 87.3 Å². The fourth-order valence-electron chi connectivity index (χ4n) is 5.99. The number of alkyl halides is 5. The van der Waals surface area contributed by atoms with Gasteiger partial charge >= 0.3 is 12.1 Å². The zero-order chi connectivity index (χ0) is 33.8. The van der Waals surface area contributed by atoms with Gasteiger partial charge in [0.05, 0.1) is 11.5 Å². The van der Waals surface area contributed by atoms with E-state index in [-0.39, 0.29) is 30.3 Å². The van der Waals surface area contributed by atoms with Gasteiger partial charge in [-0.05, 0) is 123 Å². The van der Waals surface area contributed by atoms with Gasteiger partial charge in [0.2, 0.25) is 0 Å². The van der Waals surface area contributed by atoms with Crippen molar-refractivity contribution in [3.05, 3.63) is 65.0 Å². The average Bonchev–Trinajstić information content (AvgIpc) is 3.15. The maximum atomic E-state index is 13.7. The van der Waals surface area contributed by atoms with Crippen LogP contribution in [0.25, 0.3) is 11.1 Å². The second kappa shape index (κ2) is 17.5. The summed E-state index contributed by atoms with van der Waals surface area (Å²) in [4.78, 5) is 2.05. The fourth-order valence-corrected chi connectivity index (χ4v) is 7.35. The van der Waals surface area contributed by atoms with Crippen molar-refractivity contribution in [1.82, 2.24) is 4.90 Å². The van der Waals surface area contributed by atoms with E-state index in [1.807, 2.05) is 29.2 Å². The minimum absolute atomic E-state index is 0.0209. The van der Waals surface area contributed by atoms with E-state index in [4.69, 9.17) is 0 Å². The molecule has 0 aliphatic heterocycles. The molecule has 0 bridgehead atoms. The van der Waals surface area contributed by atoms with Crippen LogP contribution in [-0.2, 0) is 16.3 Å². The van der Waals surface area contributed by atoms with Crippen LogP contribution >= 0.6 is 0 Å². The number of phenols is 1. The Labute approximate surface area is 268 Å². The van der Waals surface area contributed by atoms with Crippen molar-refractivity contribution in [2.45, 2.75) is 89.1 Å². The van der Waals surface area contributed by atoms with Gasteiger partial charge in [-0.3, -0.25) is 0 Å². The molecule has 3 rings (SSSR count). The number of fused-ring (bicyclic) bond motifs is 1. The first kappa shape index (κ1) is 37.9. The lowest BCUT2D eigenvalue weighted by Crippen LogP contribution is -2.36. The number of nitrogens with zero attached hydrogens (tertiary/aromatic N) is 1. The molecule has 12 heteroatoms. The van der Waals surface area contributed by atoms with Gasteiger partial charge in [-0.2, -0.15) is 22.0 Å². The van der Waals surface area contributed by atoms with Crippen molar-refractivity contribution in [2.24, 2.45) is 0 Å². The summed E-state index contributed by atoms with van der Waals surface area (Å²) in [6, 6.07) is 12.1. The first-order chi connectivity index (χ1) is 21.7. The van der Waals surface area contributed by atoms with Gasteiger partial charge in [-0.15, -0.1) is 0 Å². The van der Waals surface area contributed by atoms with Crippen LogP contribution in [0.2, 0.25) is 0 Å². The fraction of sp³-hybridized carbons (Fsp3) is 0.588. The molecule has 0 fully saturated rings. The first-order valence-corrected chi connectivity index (χ1v) is 17.8. The molecule has 0 amide bonds. The summed E-state index contributed by atoms with van der Waals surface area (Å²) in [5, 5.41) is 19.3. The van der Waals surface area contributed by atoms with E-state index < -0.39 is 40.5 Å². The Balaban J connectivity index is 1.50. The molecule has 0 heterocycles. The minimum atomic E-state index is -5.69. The molecule has 2 aromatic carbocycles. The number of phenolic OH excluding ortho intramolecular Hbond substituents is 1. The molecule has 0 aromatic heterocycles. The lowest BCUT2D eigenvalue weighted by Gasteiger charge is -2.22. The summed E-state index contributed by atoms with van der Waals surface area (Å²) in [5.74, 6) is -5.98. The molecule has 46 heavy (non-hydrogen) atoms. The first-order valence-electron chi connectivity index (χ1n) is 16.0. The van der Waals surface area contributed by atoms with E-state index in [1.54, 1.807) is 6.07 Å². The number of rotatable bonds is 19. The van der Waals surface area contributed by atoms with Gasteiger partial charge < -0.3 is 15.1 Å². The lowest BCUT2D eigenvalue weighted by molar-refractivity contribution is -0.284. The summed E-state index contributed by atoms with van der Waals surface area (Å²) in [6.07, 6.45) is -0.214. The second-order valence-corrected chi connectivity index (χ2v) is 14.4. The Morgan fingerprint density at radius 2 is 1.43 bits per heavy atom. The number of hydrogen-bond acceptors (Lipinski definition) is 5. The number of unbranched alkanes of at least 4 members (excludes halogenated alkanes) is 3. The third-order valence-corrected chi connectivity index (χ3v) is 10.2. The lowest BCUT2D eigenvalue weighted by atomic mass is 9.89. The Hall–Kier alpha value is -2.57. The Morgan fingerprint density at radius 3 is 2.13 bits per heavy atom. The Morgan fingerprint density at radius 1 is 0.783 bits per heavy atom. The highest BCUT2D eigenvalue weighted by atomic mass is 32.2. The van der Waals surface area contributed by atoms with Crippen LogP contribution < -0.4 is 0 Å². The molecule has 0 unspecified atom stereocenters. The molecule has 0 atom stereocenters. The normalized spacial score (nSPS) is 14.5. The number of aromatic hydroxyl groups is 1. The van der Waals surface area contributed by atoms with E-state index >= 15 is 0 Å². The van der Waals surface area contributed by atoms with Crippen molar-refractivity contribution < 1.29 is 45.0 Å². The molecule has 2 aromatic rings. The zero-order valence-corrected chi connectivity index (χ0v) is 26.9. The highest BCUT2D eigenvalue weighted by molar-refractivity contribution is 7.91. The summed E-state index contributed by atoms with van der Waals surface area (Å²) < 4.78 is 101. The Bertz CT molecular complexity index is 1380. The van der Waals surface area contributed by atoms with E-state index in [0.717, 1.165) is 68.1 Å². The number of benzene rings is 2. The monoisotopic (exact) mass is 677 g/mol. The highest BCUT2D eigenvalue weighted by Gasteiger charge is 2.56. The molecular formula is C34H45F6NO4S. The average molecular weight is 678 g/mol. The molecule has 0 saturated heterocycles. The number of aliphatic hydroxyl groups is 1. The quantitative estimate of drug-likeness (QED) is 0.116. The highest BCUT2D eigenvalue weighted by Crippen LogP contribution is 2.40. The van der Waals surface area contributed by atoms with Crippen LogP contribution in [0.15, 0.2) is 42.5 Å². The van der Waals surface area contributed by atoms with Crippen LogP contribution in [0, 0.1) is 5.82 Å².